The minimum atomic E-state index is -0.185. The van der Waals surface area contributed by atoms with E-state index in [1.54, 1.807) is 13.1 Å². The Labute approximate surface area is 193 Å². The SMILES string of the molecule is CC(=O)[C@H](Cc1ccc(OCCN(C)c2ccnc3cc(Cl)ccc23)cc1)n1cccc1. The monoisotopic (exact) mass is 447 g/mol. The lowest BCUT2D eigenvalue weighted by atomic mass is 10.0. The average molecular weight is 448 g/mol. The summed E-state index contributed by atoms with van der Waals surface area (Å²) in [6.45, 7) is 2.91. The molecule has 2 aromatic carbocycles. The van der Waals surface area contributed by atoms with E-state index in [1.807, 2.05) is 84.7 Å². The number of benzene rings is 2. The van der Waals surface area contributed by atoms with Crippen molar-refractivity contribution in [2.45, 2.75) is 19.4 Å². The molecule has 5 nitrogen and oxygen atoms in total. The van der Waals surface area contributed by atoms with E-state index in [1.165, 1.54) is 0 Å². The second kappa shape index (κ2) is 9.88. The quantitative estimate of drug-likeness (QED) is 0.336. The summed E-state index contributed by atoms with van der Waals surface area (Å²) in [7, 11) is 2.04. The molecule has 6 heteroatoms. The summed E-state index contributed by atoms with van der Waals surface area (Å²) in [6.07, 6.45) is 6.32. The number of fused-ring (bicyclic) bond motifs is 1. The van der Waals surface area contributed by atoms with E-state index in [0.29, 0.717) is 18.1 Å². The number of rotatable bonds is 9. The maximum Gasteiger partial charge on any atom is 0.152 e. The van der Waals surface area contributed by atoms with Gasteiger partial charge in [0.15, 0.2) is 5.78 Å². The molecule has 164 valence electrons. The number of nitrogens with zero attached hydrogens (tertiary/aromatic N) is 3. The molecule has 0 aliphatic carbocycles. The van der Waals surface area contributed by atoms with Crippen molar-refractivity contribution in [3.63, 3.8) is 0 Å². The molecule has 0 saturated carbocycles. The molecule has 0 radical (unpaired) electrons. The Balaban J connectivity index is 1.34. The number of hydrogen-bond acceptors (Lipinski definition) is 4. The van der Waals surface area contributed by atoms with Gasteiger partial charge in [0.25, 0.3) is 0 Å². The third-order valence-electron chi connectivity index (χ3n) is 5.60. The largest absolute Gasteiger partial charge is 0.492 e. The lowest BCUT2D eigenvalue weighted by molar-refractivity contribution is -0.120. The normalized spacial score (nSPS) is 12.0. The summed E-state index contributed by atoms with van der Waals surface area (Å²) >= 11 is 6.09. The van der Waals surface area contributed by atoms with Gasteiger partial charge in [0, 0.05) is 48.2 Å². The fourth-order valence-electron chi connectivity index (χ4n) is 3.82. The number of aromatic nitrogens is 2. The maximum atomic E-state index is 12.1. The van der Waals surface area contributed by atoms with Crippen molar-refractivity contribution >= 4 is 34.0 Å². The van der Waals surface area contributed by atoms with Crippen LogP contribution in [0.2, 0.25) is 5.02 Å². The third kappa shape index (κ3) is 5.11. The number of carbonyl (C=O) groups is 1. The van der Waals surface area contributed by atoms with E-state index in [2.05, 4.69) is 9.88 Å². The number of carbonyl (C=O) groups excluding carboxylic acids is 1. The van der Waals surface area contributed by atoms with Gasteiger partial charge in [-0.25, -0.2) is 0 Å². The summed E-state index contributed by atoms with van der Waals surface area (Å²) in [6, 6.07) is 19.4. The predicted molar refractivity (Wildman–Crippen MR) is 130 cm³/mol. The predicted octanol–water partition coefficient (Wildman–Crippen LogP) is 5.58. The second-order valence-corrected chi connectivity index (χ2v) is 8.30. The smallest absolute Gasteiger partial charge is 0.152 e. The number of hydrogen-bond donors (Lipinski definition) is 0. The van der Waals surface area contributed by atoms with Crippen LogP contribution in [-0.2, 0) is 11.2 Å². The Bertz CT molecular complexity index is 1190. The summed E-state index contributed by atoms with van der Waals surface area (Å²) in [5, 5.41) is 1.74. The van der Waals surface area contributed by atoms with Crippen molar-refractivity contribution in [3.05, 3.63) is 89.8 Å². The summed E-state index contributed by atoms with van der Waals surface area (Å²) in [4.78, 5) is 18.6. The Morgan fingerprint density at radius 3 is 2.59 bits per heavy atom. The minimum absolute atomic E-state index is 0.149. The van der Waals surface area contributed by atoms with Crippen LogP contribution >= 0.6 is 11.6 Å². The molecule has 0 unspecified atom stereocenters. The molecule has 2 aromatic heterocycles. The molecule has 0 amide bonds. The summed E-state index contributed by atoms with van der Waals surface area (Å²) in [5.41, 5.74) is 3.07. The molecule has 4 aromatic rings. The van der Waals surface area contributed by atoms with Crippen LogP contribution < -0.4 is 9.64 Å². The lowest BCUT2D eigenvalue weighted by Gasteiger charge is -2.21. The van der Waals surface area contributed by atoms with Crippen LogP contribution in [0.1, 0.15) is 18.5 Å². The van der Waals surface area contributed by atoms with Gasteiger partial charge in [0.1, 0.15) is 12.4 Å². The first-order chi connectivity index (χ1) is 15.5. The molecular formula is C26H26ClN3O2. The molecule has 0 N–H and O–H groups in total. The maximum absolute atomic E-state index is 12.1. The Morgan fingerprint density at radius 2 is 1.88 bits per heavy atom. The van der Waals surface area contributed by atoms with Crippen molar-refractivity contribution in [1.29, 1.82) is 0 Å². The lowest BCUT2D eigenvalue weighted by Crippen LogP contribution is -2.24. The van der Waals surface area contributed by atoms with Crippen molar-refractivity contribution in [3.8, 4) is 5.75 Å². The number of ether oxygens (including phenoxy) is 1. The molecule has 4 rings (SSSR count). The standard InChI is InChI=1S/C26H26ClN3O2/c1-19(31)26(30-13-3-4-14-30)17-20-5-8-22(9-6-20)32-16-15-29(2)25-11-12-28-24-18-21(27)7-10-23(24)25/h3-14,18,26H,15-17H2,1-2H3/t26-/m0/s1. The van der Waals surface area contributed by atoms with Crippen molar-refractivity contribution < 1.29 is 9.53 Å². The van der Waals surface area contributed by atoms with Gasteiger partial charge < -0.3 is 14.2 Å². The summed E-state index contributed by atoms with van der Waals surface area (Å²) in [5.74, 6) is 0.962. The van der Waals surface area contributed by atoms with Gasteiger partial charge in [-0.05, 0) is 61.0 Å². The molecule has 0 aliphatic heterocycles. The zero-order valence-corrected chi connectivity index (χ0v) is 19.0. The first-order valence-corrected chi connectivity index (χ1v) is 11.0. The number of halogens is 1. The fraction of sp³-hybridized carbons (Fsp3) is 0.231. The van der Waals surface area contributed by atoms with Crippen molar-refractivity contribution in [1.82, 2.24) is 9.55 Å². The van der Waals surface area contributed by atoms with Gasteiger partial charge in [0.2, 0.25) is 0 Å². The zero-order valence-electron chi connectivity index (χ0n) is 18.2. The van der Waals surface area contributed by atoms with E-state index < -0.39 is 0 Å². The molecule has 32 heavy (non-hydrogen) atoms. The van der Waals surface area contributed by atoms with Crippen LogP contribution in [0.3, 0.4) is 0 Å². The van der Waals surface area contributed by atoms with Crippen molar-refractivity contribution in [2.24, 2.45) is 0 Å². The molecule has 1 atom stereocenters. The Hall–Kier alpha value is -3.31. The van der Waals surface area contributed by atoms with E-state index in [-0.39, 0.29) is 11.8 Å². The second-order valence-electron chi connectivity index (χ2n) is 7.87. The van der Waals surface area contributed by atoms with Gasteiger partial charge in [-0.15, -0.1) is 0 Å². The number of likely N-dealkylation sites (N-methyl/N-ethyl adjacent to an activating group) is 1. The van der Waals surface area contributed by atoms with E-state index in [4.69, 9.17) is 16.3 Å². The number of ketones is 1. The van der Waals surface area contributed by atoms with E-state index >= 15 is 0 Å². The van der Waals surface area contributed by atoms with Crippen LogP contribution in [-0.4, -0.2) is 35.5 Å². The van der Waals surface area contributed by atoms with Crippen LogP contribution in [0.15, 0.2) is 79.3 Å². The van der Waals surface area contributed by atoms with Gasteiger partial charge in [-0.2, -0.15) is 0 Å². The fourth-order valence-corrected chi connectivity index (χ4v) is 3.99. The molecule has 2 heterocycles. The Morgan fingerprint density at radius 1 is 1.12 bits per heavy atom. The summed E-state index contributed by atoms with van der Waals surface area (Å²) < 4.78 is 7.92. The highest BCUT2D eigenvalue weighted by Crippen LogP contribution is 2.26. The topological polar surface area (TPSA) is 47.4 Å². The molecular weight excluding hydrogens is 422 g/mol. The average Bonchev–Trinajstić information content (AvgIpc) is 3.32. The van der Waals surface area contributed by atoms with Crippen molar-refractivity contribution in [2.75, 3.05) is 25.1 Å². The van der Waals surface area contributed by atoms with E-state index in [0.717, 1.165) is 34.4 Å². The van der Waals surface area contributed by atoms with Crippen LogP contribution in [0, 0.1) is 0 Å². The van der Waals surface area contributed by atoms with Crippen LogP contribution in [0.25, 0.3) is 10.9 Å². The molecule has 0 spiro atoms. The molecule has 0 saturated heterocycles. The van der Waals surface area contributed by atoms with Gasteiger partial charge in [-0.1, -0.05) is 23.7 Å². The molecule has 0 fully saturated rings. The highest BCUT2D eigenvalue weighted by Gasteiger charge is 2.16. The van der Waals surface area contributed by atoms with Crippen LogP contribution in [0.4, 0.5) is 5.69 Å². The minimum Gasteiger partial charge on any atom is -0.492 e. The molecule has 0 bridgehead atoms. The zero-order chi connectivity index (χ0) is 22.5. The van der Waals surface area contributed by atoms with Gasteiger partial charge >= 0.3 is 0 Å². The molecule has 0 aliphatic rings. The Kier molecular flexibility index (Phi) is 6.76. The van der Waals surface area contributed by atoms with E-state index in [9.17, 15) is 4.79 Å². The highest BCUT2D eigenvalue weighted by molar-refractivity contribution is 6.31. The van der Waals surface area contributed by atoms with Gasteiger partial charge in [-0.3, -0.25) is 9.78 Å². The highest BCUT2D eigenvalue weighted by atomic mass is 35.5. The first-order valence-electron chi connectivity index (χ1n) is 10.6. The van der Waals surface area contributed by atoms with Crippen LogP contribution in [0.5, 0.6) is 5.75 Å². The van der Waals surface area contributed by atoms with Gasteiger partial charge in [0.05, 0.1) is 18.1 Å². The first kappa shape index (κ1) is 21.9. The third-order valence-corrected chi connectivity index (χ3v) is 5.83. The number of anilines is 1. The number of pyridine rings is 1. The number of Topliss-reactive ketones (excluding diaryl/α,β-unsaturated/α-hetero) is 1.